The number of ether oxygens (including phenoxy) is 2. The Balaban J connectivity index is 2.44. The SMILES string of the molecule is COc1cccc(C(=O)/C(C#N)=C/c2cc(Br)c(O)c(OC)c2)c1. The first-order valence-corrected chi connectivity index (χ1v) is 7.66. The smallest absolute Gasteiger partial charge is 0.203 e. The predicted octanol–water partition coefficient (Wildman–Crippen LogP) is 3.96. The van der Waals surface area contributed by atoms with Gasteiger partial charge in [0.15, 0.2) is 11.5 Å². The summed E-state index contributed by atoms with van der Waals surface area (Å²) < 4.78 is 10.6. The Bertz CT molecular complexity index is 853. The first-order valence-electron chi connectivity index (χ1n) is 6.87. The van der Waals surface area contributed by atoms with Gasteiger partial charge in [-0.2, -0.15) is 5.26 Å². The second kappa shape index (κ2) is 7.66. The van der Waals surface area contributed by atoms with Crippen molar-refractivity contribution in [2.75, 3.05) is 14.2 Å². The van der Waals surface area contributed by atoms with E-state index < -0.39 is 5.78 Å². The highest BCUT2D eigenvalue weighted by Gasteiger charge is 2.14. The maximum Gasteiger partial charge on any atom is 0.203 e. The summed E-state index contributed by atoms with van der Waals surface area (Å²) in [6.45, 7) is 0. The Morgan fingerprint density at radius 1 is 1.25 bits per heavy atom. The molecule has 2 aromatic carbocycles. The number of halogens is 1. The predicted molar refractivity (Wildman–Crippen MR) is 93.3 cm³/mol. The molecule has 1 N–H and O–H groups in total. The second-order valence-corrected chi connectivity index (χ2v) is 5.64. The van der Waals surface area contributed by atoms with Crippen LogP contribution < -0.4 is 9.47 Å². The van der Waals surface area contributed by atoms with Crippen LogP contribution in [0.3, 0.4) is 0 Å². The summed E-state index contributed by atoms with van der Waals surface area (Å²) in [6.07, 6.45) is 1.44. The van der Waals surface area contributed by atoms with Crippen LogP contribution in [0.25, 0.3) is 6.08 Å². The number of benzene rings is 2. The van der Waals surface area contributed by atoms with Gasteiger partial charge in [0.2, 0.25) is 5.78 Å². The molecule has 0 amide bonds. The number of ketones is 1. The van der Waals surface area contributed by atoms with Crippen LogP contribution in [0, 0.1) is 11.3 Å². The molecule has 0 radical (unpaired) electrons. The molecule has 0 heterocycles. The number of aromatic hydroxyl groups is 1. The van der Waals surface area contributed by atoms with E-state index in [-0.39, 0.29) is 17.1 Å². The fourth-order valence-electron chi connectivity index (χ4n) is 2.07. The van der Waals surface area contributed by atoms with E-state index in [1.165, 1.54) is 26.4 Å². The number of rotatable bonds is 5. The van der Waals surface area contributed by atoms with Gasteiger partial charge in [0.1, 0.15) is 17.4 Å². The van der Waals surface area contributed by atoms with Gasteiger partial charge in [-0.15, -0.1) is 0 Å². The molecule has 0 fully saturated rings. The molecular formula is C18H14BrNO4. The van der Waals surface area contributed by atoms with Crippen molar-refractivity contribution in [1.29, 1.82) is 5.26 Å². The molecule has 0 aliphatic carbocycles. The fourth-order valence-corrected chi connectivity index (χ4v) is 2.53. The highest BCUT2D eigenvalue weighted by atomic mass is 79.9. The topological polar surface area (TPSA) is 79.6 Å². The maximum atomic E-state index is 12.5. The summed E-state index contributed by atoms with van der Waals surface area (Å²) in [4.78, 5) is 12.5. The highest BCUT2D eigenvalue weighted by Crippen LogP contribution is 2.35. The van der Waals surface area contributed by atoms with Crippen LogP contribution in [-0.4, -0.2) is 25.1 Å². The van der Waals surface area contributed by atoms with Crippen molar-refractivity contribution in [2.24, 2.45) is 0 Å². The fraction of sp³-hybridized carbons (Fsp3) is 0.111. The molecule has 5 nitrogen and oxygen atoms in total. The highest BCUT2D eigenvalue weighted by molar-refractivity contribution is 9.10. The minimum absolute atomic E-state index is 0.0390. The van der Waals surface area contributed by atoms with Gasteiger partial charge in [0.25, 0.3) is 0 Å². The molecule has 0 aromatic heterocycles. The van der Waals surface area contributed by atoms with E-state index in [1.807, 2.05) is 6.07 Å². The molecule has 0 aliphatic rings. The summed E-state index contributed by atoms with van der Waals surface area (Å²) >= 11 is 3.21. The quantitative estimate of drug-likeness (QED) is 0.477. The van der Waals surface area contributed by atoms with Gasteiger partial charge in [-0.1, -0.05) is 12.1 Å². The molecule has 6 heteroatoms. The summed E-state index contributed by atoms with van der Waals surface area (Å²) in [7, 11) is 2.92. The molecule has 0 bridgehead atoms. The zero-order valence-corrected chi connectivity index (χ0v) is 14.6. The van der Waals surface area contributed by atoms with Gasteiger partial charge in [-0.25, -0.2) is 0 Å². The van der Waals surface area contributed by atoms with Crippen LogP contribution in [0.4, 0.5) is 0 Å². The largest absolute Gasteiger partial charge is 0.503 e. The molecule has 0 atom stereocenters. The second-order valence-electron chi connectivity index (χ2n) is 4.78. The van der Waals surface area contributed by atoms with Gasteiger partial charge in [-0.3, -0.25) is 4.79 Å². The third kappa shape index (κ3) is 3.76. The Kier molecular flexibility index (Phi) is 5.61. The number of methoxy groups -OCH3 is 2. The van der Waals surface area contributed by atoms with Crippen molar-refractivity contribution in [3.05, 3.63) is 57.6 Å². The molecule has 122 valence electrons. The van der Waals surface area contributed by atoms with Crippen LogP contribution in [0.1, 0.15) is 15.9 Å². The molecule has 0 saturated carbocycles. The number of nitriles is 1. The number of phenols is 1. The number of Topliss-reactive ketones (excluding diaryl/α,β-unsaturated/α-hetero) is 1. The summed E-state index contributed by atoms with van der Waals surface area (Å²) in [5, 5.41) is 19.2. The van der Waals surface area contributed by atoms with Crippen LogP contribution in [0.2, 0.25) is 0 Å². The monoisotopic (exact) mass is 387 g/mol. The van der Waals surface area contributed by atoms with Crippen molar-refractivity contribution >= 4 is 27.8 Å². The Hall–Kier alpha value is -2.78. The Labute approximate surface area is 147 Å². The van der Waals surface area contributed by atoms with Gasteiger partial charge >= 0.3 is 0 Å². The maximum absolute atomic E-state index is 12.5. The molecule has 2 rings (SSSR count). The first kappa shape index (κ1) is 17.6. The lowest BCUT2D eigenvalue weighted by Gasteiger charge is -2.07. The number of nitrogens with zero attached hydrogens (tertiary/aromatic N) is 1. The molecule has 0 unspecified atom stereocenters. The Morgan fingerprint density at radius 2 is 2.00 bits per heavy atom. The molecule has 2 aromatic rings. The van der Waals surface area contributed by atoms with E-state index in [2.05, 4.69) is 15.9 Å². The van der Waals surface area contributed by atoms with Crippen LogP contribution in [0.15, 0.2) is 46.4 Å². The van der Waals surface area contributed by atoms with E-state index in [1.54, 1.807) is 30.3 Å². The van der Waals surface area contributed by atoms with Crippen molar-refractivity contribution in [1.82, 2.24) is 0 Å². The zero-order valence-electron chi connectivity index (χ0n) is 13.0. The van der Waals surface area contributed by atoms with E-state index in [0.29, 0.717) is 21.3 Å². The van der Waals surface area contributed by atoms with E-state index >= 15 is 0 Å². The summed E-state index contributed by atoms with van der Waals surface area (Å²) in [5.74, 6) is 0.306. The number of allylic oxidation sites excluding steroid dienone is 1. The molecule has 0 saturated heterocycles. The van der Waals surface area contributed by atoms with Crippen LogP contribution in [0.5, 0.6) is 17.2 Å². The first-order chi connectivity index (χ1) is 11.5. The Morgan fingerprint density at radius 3 is 2.62 bits per heavy atom. The van der Waals surface area contributed by atoms with Gasteiger partial charge < -0.3 is 14.6 Å². The lowest BCUT2D eigenvalue weighted by atomic mass is 10.0. The summed E-state index contributed by atoms with van der Waals surface area (Å²) in [5.41, 5.74) is 0.860. The van der Waals surface area contributed by atoms with Gasteiger partial charge in [0, 0.05) is 5.56 Å². The number of hydrogen-bond acceptors (Lipinski definition) is 5. The molecule has 24 heavy (non-hydrogen) atoms. The normalized spacial score (nSPS) is 10.8. The van der Waals surface area contributed by atoms with Crippen molar-refractivity contribution < 1.29 is 19.4 Å². The molecule has 0 spiro atoms. The number of carbonyl (C=O) groups excluding carboxylic acids is 1. The van der Waals surface area contributed by atoms with E-state index in [0.717, 1.165) is 0 Å². The summed E-state index contributed by atoms with van der Waals surface area (Å²) in [6, 6.07) is 11.6. The standard InChI is InChI=1S/C18H14BrNO4/c1-23-14-5-3-4-12(9-14)17(21)13(10-20)6-11-7-15(19)18(22)16(8-11)24-2/h3-9,22H,1-2H3/b13-6+. The number of carbonyl (C=O) groups is 1. The van der Waals surface area contributed by atoms with E-state index in [9.17, 15) is 15.2 Å². The minimum Gasteiger partial charge on any atom is -0.503 e. The zero-order chi connectivity index (χ0) is 17.7. The molecule has 0 aliphatic heterocycles. The number of hydrogen-bond donors (Lipinski definition) is 1. The van der Waals surface area contributed by atoms with Crippen LogP contribution in [-0.2, 0) is 0 Å². The average molecular weight is 388 g/mol. The van der Waals surface area contributed by atoms with Crippen molar-refractivity contribution in [3.63, 3.8) is 0 Å². The van der Waals surface area contributed by atoms with Gasteiger partial charge in [0.05, 0.1) is 18.7 Å². The molecular weight excluding hydrogens is 374 g/mol. The third-order valence-corrected chi connectivity index (χ3v) is 3.88. The lowest BCUT2D eigenvalue weighted by Crippen LogP contribution is -2.02. The van der Waals surface area contributed by atoms with Crippen LogP contribution >= 0.6 is 15.9 Å². The average Bonchev–Trinajstić information content (AvgIpc) is 2.61. The van der Waals surface area contributed by atoms with E-state index in [4.69, 9.17) is 9.47 Å². The van der Waals surface area contributed by atoms with Crippen molar-refractivity contribution in [3.8, 4) is 23.3 Å². The number of phenolic OH excluding ortho intramolecular Hbond substituents is 1. The van der Waals surface area contributed by atoms with Crippen molar-refractivity contribution in [2.45, 2.75) is 0 Å². The van der Waals surface area contributed by atoms with Gasteiger partial charge in [-0.05, 0) is 51.8 Å². The minimum atomic E-state index is -0.417. The third-order valence-electron chi connectivity index (χ3n) is 3.28. The lowest BCUT2D eigenvalue weighted by molar-refractivity contribution is 0.103.